The number of carbonyl (C=O) groups excluding carboxylic acids is 2. The van der Waals surface area contributed by atoms with Gasteiger partial charge in [0.05, 0.1) is 6.42 Å². The first-order valence-electron chi connectivity index (χ1n) is 10.7. The Bertz CT molecular complexity index is 841. The zero-order valence-corrected chi connectivity index (χ0v) is 16.6. The number of amides is 2. The quantitative estimate of drug-likeness (QED) is 0.788. The average Bonchev–Trinajstić information content (AvgIpc) is 3.27. The smallest absolute Gasteiger partial charge is 0.226 e. The predicted octanol–water partition coefficient (Wildman–Crippen LogP) is 4.02. The number of carbonyl (C=O) groups is 2. The summed E-state index contributed by atoms with van der Waals surface area (Å²) in [7, 11) is 0. The van der Waals surface area contributed by atoms with E-state index >= 15 is 0 Å². The second kappa shape index (κ2) is 8.76. The maximum absolute atomic E-state index is 12.8. The summed E-state index contributed by atoms with van der Waals surface area (Å²) in [6.07, 6.45) is 6.48. The van der Waals surface area contributed by atoms with Gasteiger partial charge in [0.2, 0.25) is 11.8 Å². The summed E-state index contributed by atoms with van der Waals surface area (Å²) >= 11 is 0. The minimum atomic E-state index is 0.214. The Morgan fingerprint density at radius 1 is 0.857 bits per heavy atom. The largest absolute Gasteiger partial charge is 0.343 e. The van der Waals surface area contributed by atoms with Crippen LogP contribution in [-0.2, 0) is 16.0 Å². The molecule has 2 amide bonds. The summed E-state index contributed by atoms with van der Waals surface area (Å²) < 4.78 is 0. The number of hydrogen-bond donors (Lipinski definition) is 0. The van der Waals surface area contributed by atoms with E-state index in [1.165, 1.54) is 10.8 Å². The molecule has 28 heavy (non-hydrogen) atoms. The molecular weight excluding hydrogens is 348 g/mol. The van der Waals surface area contributed by atoms with Crippen molar-refractivity contribution in [2.45, 2.75) is 44.9 Å². The van der Waals surface area contributed by atoms with E-state index in [0.717, 1.165) is 63.8 Å². The van der Waals surface area contributed by atoms with E-state index in [4.69, 9.17) is 0 Å². The van der Waals surface area contributed by atoms with E-state index in [2.05, 4.69) is 30.3 Å². The molecule has 0 spiro atoms. The van der Waals surface area contributed by atoms with Crippen LogP contribution in [0.1, 0.15) is 44.1 Å². The van der Waals surface area contributed by atoms with Crippen LogP contribution < -0.4 is 0 Å². The molecule has 148 valence electrons. The molecule has 2 aromatic carbocycles. The van der Waals surface area contributed by atoms with Gasteiger partial charge in [-0.1, -0.05) is 42.5 Å². The van der Waals surface area contributed by atoms with E-state index in [1.807, 2.05) is 21.9 Å². The minimum Gasteiger partial charge on any atom is -0.343 e. The number of piperidine rings is 1. The molecule has 4 heteroatoms. The molecule has 0 aliphatic carbocycles. The van der Waals surface area contributed by atoms with Gasteiger partial charge in [0.25, 0.3) is 0 Å². The van der Waals surface area contributed by atoms with Crippen molar-refractivity contribution in [2.24, 2.45) is 5.92 Å². The minimum absolute atomic E-state index is 0.214. The molecule has 0 N–H and O–H groups in total. The van der Waals surface area contributed by atoms with Gasteiger partial charge in [-0.2, -0.15) is 0 Å². The number of fused-ring (bicyclic) bond motifs is 1. The van der Waals surface area contributed by atoms with Crippen LogP contribution in [0.3, 0.4) is 0 Å². The fourth-order valence-electron chi connectivity index (χ4n) is 4.61. The molecule has 4 nitrogen and oxygen atoms in total. The zero-order valence-electron chi connectivity index (χ0n) is 16.6. The molecule has 1 atom stereocenters. The van der Waals surface area contributed by atoms with Gasteiger partial charge in [0.15, 0.2) is 0 Å². The SMILES string of the molecule is O=C(CC[C@@H]1CCCN(C(=O)Cc2ccc3ccccc3c2)C1)N1CCCC1. The average molecular weight is 379 g/mol. The van der Waals surface area contributed by atoms with E-state index < -0.39 is 0 Å². The molecule has 0 unspecified atom stereocenters. The first kappa shape index (κ1) is 19.0. The number of likely N-dealkylation sites (tertiary alicyclic amines) is 2. The molecule has 2 aliphatic rings. The lowest BCUT2D eigenvalue weighted by Crippen LogP contribution is -2.41. The number of hydrogen-bond acceptors (Lipinski definition) is 2. The summed E-state index contributed by atoms with van der Waals surface area (Å²) in [6, 6.07) is 14.6. The molecule has 2 aromatic rings. The number of benzene rings is 2. The van der Waals surface area contributed by atoms with Crippen LogP contribution in [0.25, 0.3) is 10.8 Å². The van der Waals surface area contributed by atoms with Crippen LogP contribution in [0.2, 0.25) is 0 Å². The topological polar surface area (TPSA) is 40.6 Å². The highest BCUT2D eigenvalue weighted by atomic mass is 16.2. The summed E-state index contributed by atoms with van der Waals surface area (Å²) in [6.45, 7) is 3.52. The van der Waals surface area contributed by atoms with Crippen molar-refractivity contribution >= 4 is 22.6 Å². The van der Waals surface area contributed by atoms with Gasteiger partial charge in [-0.25, -0.2) is 0 Å². The molecule has 2 fully saturated rings. The van der Waals surface area contributed by atoms with Crippen molar-refractivity contribution in [3.8, 4) is 0 Å². The highest BCUT2D eigenvalue weighted by molar-refractivity contribution is 5.85. The zero-order chi connectivity index (χ0) is 19.3. The highest BCUT2D eigenvalue weighted by Crippen LogP contribution is 2.23. The normalized spacial score (nSPS) is 19.9. The van der Waals surface area contributed by atoms with Crippen LogP contribution in [-0.4, -0.2) is 47.8 Å². The Labute approximate surface area is 167 Å². The van der Waals surface area contributed by atoms with Crippen LogP contribution in [0.5, 0.6) is 0 Å². The molecule has 4 rings (SSSR count). The molecule has 0 saturated carbocycles. The fraction of sp³-hybridized carbons (Fsp3) is 0.500. The summed E-state index contributed by atoms with van der Waals surface area (Å²) in [4.78, 5) is 29.2. The summed E-state index contributed by atoms with van der Waals surface area (Å²) in [5.74, 6) is 0.976. The molecule has 0 bridgehead atoms. The standard InChI is InChI=1S/C24H30N2O2/c27-23(25-13-3-4-14-25)12-10-19-6-5-15-26(18-19)24(28)17-20-9-11-21-7-1-2-8-22(21)16-20/h1-2,7-9,11,16,19H,3-6,10,12-15,17-18H2/t19-/m0/s1. The summed E-state index contributed by atoms with van der Waals surface area (Å²) in [5, 5.41) is 2.39. The van der Waals surface area contributed by atoms with Crippen molar-refractivity contribution in [1.82, 2.24) is 9.80 Å². The van der Waals surface area contributed by atoms with Crippen molar-refractivity contribution in [2.75, 3.05) is 26.2 Å². The van der Waals surface area contributed by atoms with Gasteiger partial charge < -0.3 is 9.80 Å². The predicted molar refractivity (Wildman–Crippen MR) is 112 cm³/mol. The Balaban J connectivity index is 1.30. The first-order chi connectivity index (χ1) is 13.7. The lowest BCUT2D eigenvalue weighted by atomic mass is 9.92. The van der Waals surface area contributed by atoms with Crippen LogP contribution >= 0.6 is 0 Å². The molecule has 0 radical (unpaired) electrons. The van der Waals surface area contributed by atoms with E-state index in [9.17, 15) is 9.59 Å². The Morgan fingerprint density at radius 2 is 1.61 bits per heavy atom. The maximum Gasteiger partial charge on any atom is 0.226 e. The summed E-state index contributed by atoms with van der Waals surface area (Å²) in [5.41, 5.74) is 1.08. The van der Waals surface area contributed by atoms with Crippen molar-refractivity contribution in [3.05, 3.63) is 48.0 Å². The lowest BCUT2D eigenvalue weighted by Gasteiger charge is -2.33. The van der Waals surface area contributed by atoms with Gasteiger partial charge in [-0.15, -0.1) is 0 Å². The van der Waals surface area contributed by atoms with Crippen LogP contribution in [0, 0.1) is 5.92 Å². The van der Waals surface area contributed by atoms with E-state index in [-0.39, 0.29) is 5.91 Å². The highest BCUT2D eigenvalue weighted by Gasteiger charge is 2.25. The van der Waals surface area contributed by atoms with Gasteiger partial charge in [-0.05, 0) is 54.4 Å². The molecule has 2 heterocycles. The van der Waals surface area contributed by atoms with Crippen LogP contribution in [0.4, 0.5) is 0 Å². The number of rotatable bonds is 5. The van der Waals surface area contributed by atoms with Gasteiger partial charge in [0.1, 0.15) is 0 Å². The molecular formula is C24H30N2O2. The Kier molecular flexibility index (Phi) is 5.94. The molecule has 2 saturated heterocycles. The maximum atomic E-state index is 12.8. The van der Waals surface area contributed by atoms with Crippen molar-refractivity contribution < 1.29 is 9.59 Å². The van der Waals surface area contributed by atoms with E-state index in [1.54, 1.807) is 0 Å². The monoisotopic (exact) mass is 378 g/mol. The second-order valence-corrected chi connectivity index (χ2v) is 8.33. The lowest BCUT2D eigenvalue weighted by molar-refractivity contribution is -0.132. The third-order valence-corrected chi connectivity index (χ3v) is 6.27. The Hall–Kier alpha value is -2.36. The molecule has 0 aromatic heterocycles. The van der Waals surface area contributed by atoms with Crippen LogP contribution in [0.15, 0.2) is 42.5 Å². The van der Waals surface area contributed by atoms with Crippen molar-refractivity contribution in [3.63, 3.8) is 0 Å². The van der Waals surface area contributed by atoms with Gasteiger partial charge in [-0.3, -0.25) is 9.59 Å². The third-order valence-electron chi connectivity index (χ3n) is 6.27. The Morgan fingerprint density at radius 3 is 2.43 bits per heavy atom. The first-order valence-corrected chi connectivity index (χ1v) is 10.7. The number of nitrogens with zero attached hydrogens (tertiary/aromatic N) is 2. The van der Waals surface area contributed by atoms with Gasteiger partial charge in [0, 0.05) is 32.6 Å². The van der Waals surface area contributed by atoms with E-state index in [0.29, 0.717) is 24.7 Å². The molecule has 2 aliphatic heterocycles. The van der Waals surface area contributed by atoms with Gasteiger partial charge >= 0.3 is 0 Å². The second-order valence-electron chi connectivity index (χ2n) is 8.33. The van der Waals surface area contributed by atoms with Crippen molar-refractivity contribution in [1.29, 1.82) is 0 Å². The third kappa shape index (κ3) is 4.54. The fourth-order valence-corrected chi connectivity index (χ4v) is 4.61.